The molecular formula is C38H63NO6. The number of amides is 1. The molecule has 2 N–H and O–H groups in total. The molecule has 7 nitrogen and oxygen atoms in total. The zero-order valence-corrected chi connectivity index (χ0v) is 29.9. The maximum absolute atomic E-state index is 12.7. The van der Waals surface area contributed by atoms with Crippen molar-refractivity contribution >= 4 is 17.8 Å². The second-order valence-electron chi connectivity index (χ2n) is 14.6. The summed E-state index contributed by atoms with van der Waals surface area (Å²) < 4.78 is 12.5. The van der Waals surface area contributed by atoms with Gasteiger partial charge in [0.25, 0.3) is 0 Å². The van der Waals surface area contributed by atoms with Crippen molar-refractivity contribution < 1.29 is 29.0 Å². The van der Waals surface area contributed by atoms with Gasteiger partial charge in [-0.2, -0.15) is 0 Å². The lowest BCUT2D eigenvalue weighted by molar-refractivity contribution is -0.142. The Morgan fingerprint density at radius 3 is 2.04 bits per heavy atom. The molecule has 0 unspecified atom stereocenters. The minimum Gasteiger partial charge on any atom is -0.487 e. The normalized spacial score (nSPS) is 18.1. The van der Waals surface area contributed by atoms with Crippen LogP contribution in [0.1, 0.15) is 154 Å². The molecule has 0 aromatic heterocycles. The Morgan fingerprint density at radius 2 is 1.47 bits per heavy atom. The van der Waals surface area contributed by atoms with E-state index < -0.39 is 23.9 Å². The molecule has 1 heterocycles. The molecule has 0 radical (unpaired) electrons. The van der Waals surface area contributed by atoms with E-state index in [1.54, 1.807) is 0 Å². The molecule has 0 aliphatic carbocycles. The predicted octanol–water partition coefficient (Wildman–Crippen LogP) is 9.19. The molecule has 2 rings (SSSR count). The largest absolute Gasteiger partial charge is 0.487 e. The molecule has 0 bridgehead atoms. The average Bonchev–Trinajstić information content (AvgIpc) is 2.96. The van der Waals surface area contributed by atoms with Crippen LogP contribution in [-0.2, 0) is 20.8 Å². The summed E-state index contributed by atoms with van der Waals surface area (Å²) in [5.41, 5.74) is 3.65. The van der Waals surface area contributed by atoms with Crippen LogP contribution in [0.15, 0.2) is 0 Å². The summed E-state index contributed by atoms with van der Waals surface area (Å²) in [6, 6.07) is -0.941. The summed E-state index contributed by atoms with van der Waals surface area (Å²) >= 11 is 0. The summed E-state index contributed by atoms with van der Waals surface area (Å²) in [5, 5.41) is 11.8. The highest BCUT2D eigenvalue weighted by atomic mass is 16.5. The van der Waals surface area contributed by atoms with E-state index in [1.807, 2.05) is 27.7 Å². The lowest BCUT2D eigenvalue weighted by atomic mass is 9.83. The SMILES string of the molecule is CCC[C@H](NC(=O)CCC(=O)Oc1c(C)c(C)c2c(c1C)CC[C@@](C)(CCC[C@H](C)CCC[C@H](C)CCCC(C)C)O2)C(=O)O. The Morgan fingerprint density at radius 1 is 0.867 bits per heavy atom. The first-order valence-corrected chi connectivity index (χ1v) is 17.7. The summed E-state index contributed by atoms with van der Waals surface area (Å²) in [4.78, 5) is 36.3. The predicted molar refractivity (Wildman–Crippen MR) is 182 cm³/mol. The number of hydrogen-bond donors (Lipinski definition) is 2. The standard InChI is InChI=1S/C38H63NO6/c1-10-14-32(37(42)43)39-33(40)20-21-34(41)44-35-28(6)29(7)36-31(30(35)8)22-24-38(9,45-36)23-13-19-27(5)18-12-17-26(4)16-11-15-25(2)3/h25-27,32H,10-24H2,1-9H3,(H,39,40)(H,42,43)/t26-,27-,32+,38-/m1/s1. The molecule has 1 aliphatic heterocycles. The van der Waals surface area contributed by atoms with Crippen LogP contribution in [0.2, 0.25) is 0 Å². The van der Waals surface area contributed by atoms with Gasteiger partial charge in [0.1, 0.15) is 23.1 Å². The fourth-order valence-electron chi connectivity index (χ4n) is 6.61. The molecule has 4 atom stereocenters. The van der Waals surface area contributed by atoms with Crippen LogP contribution in [0.3, 0.4) is 0 Å². The van der Waals surface area contributed by atoms with Crippen LogP contribution in [0.4, 0.5) is 0 Å². The number of carbonyl (C=O) groups is 3. The molecular weight excluding hydrogens is 566 g/mol. The van der Waals surface area contributed by atoms with E-state index in [1.165, 1.54) is 44.9 Å². The Hall–Kier alpha value is -2.57. The third-order valence-electron chi connectivity index (χ3n) is 9.82. The van der Waals surface area contributed by atoms with Gasteiger partial charge in [-0.25, -0.2) is 4.79 Å². The van der Waals surface area contributed by atoms with Gasteiger partial charge in [-0.3, -0.25) is 9.59 Å². The van der Waals surface area contributed by atoms with Crippen LogP contribution in [0.5, 0.6) is 11.5 Å². The van der Waals surface area contributed by atoms with Gasteiger partial charge in [0, 0.05) is 12.0 Å². The quantitative estimate of drug-likeness (QED) is 0.110. The van der Waals surface area contributed by atoms with Crippen LogP contribution < -0.4 is 14.8 Å². The summed E-state index contributed by atoms with van der Waals surface area (Å²) in [6.45, 7) is 19.5. The van der Waals surface area contributed by atoms with Crippen molar-refractivity contribution in [3.63, 3.8) is 0 Å². The third kappa shape index (κ3) is 12.6. The number of fused-ring (bicyclic) bond motifs is 1. The number of nitrogens with one attached hydrogen (secondary N) is 1. The molecule has 45 heavy (non-hydrogen) atoms. The van der Waals surface area contributed by atoms with Crippen molar-refractivity contribution in [2.24, 2.45) is 17.8 Å². The maximum atomic E-state index is 12.7. The van der Waals surface area contributed by atoms with Crippen molar-refractivity contribution in [2.75, 3.05) is 0 Å². The Balaban J connectivity index is 1.88. The molecule has 1 aromatic carbocycles. The number of carboxylic acid groups (broad SMARTS) is 1. The molecule has 256 valence electrons. The Bertz CT molecular complexity index is 1130. The average molecular weight is 630 g/mol. The van der Waals surface area contributed by atoms with Gasteiger partial charge in [-0.1, -0.05) is 86.0 Å². The lowest BCUT2D eigenvalue weighted by Gasteiger charge is -2.38. The highest BCUT2D eigenvalue weighted by Crippen LogP contribution is 2.45. The van der Waals surface area contributed by atoms with E-state index in [2.05, 4.69) is 39.9 Å². The highest BCUT2D eigenvalue weighted by molar-refractivity contribution is 5.86. The lowest BCUT2D eigenvalue weighted by Crippen LogP contribution is -2.40. The van der Waals surface area contributed by atoms with Crippen LogP contribution in [0, 0.1) is 38.5 Å². The number of esters is 1. The zero-order valence-electron chi connectivity index (χ0n) is 29.9. The van der Waals surface area contributed by atoms with E-state index >= 15 is 0 Å². The Labute approximate surface area is 273 Å². The molecule has 0 saturated carbocycles. The smallest absolute Gasteiger partial charge is 0.326 e. The second kappa shape index (κ2) is 18.5. The fraction of sp³-hybridized carbons (Fsp3) is 0.763. The van der Waals surface area contributed by atoms with Gasteiger partial charge >= 0.3 is 11.9 Å². The summed E-state index contributed by atoms with van der Waals surface area (Å²) in [5.74, 6) is 1.80. The Kier molecular flexibility index (Phi) is 15.9. The second-order valence-corrected chi connectivity index (χ2v) is 14.6. The van der Waals surface area contributed by atoms with E-state index in [4.69, 9.17) is 9.47 Å². The molecule has 0 spiro atoms. The molecule has 1 aromatic rings. The molecule has 1 aliphatic rings. The molecule has 0 saturated heterocycles. The number of ether oxygens (including phenoxy) is 2. The first kappa shape index (κ1) is 38.6. The minimum atomic E-state index is -1.07. The van der Waals surface area contributed by atoms with E-state index in [-0.39, 0.29) is 18.4 Å². The van der Waals surface area contributed by atoms with Crippen LogP contribution in [-0.4, -0.2) is 34.6 Å². The van der Waals surface area contributed by atoms with Gasteiger partial charge in [-0.15, -0.1) is 0 Å². The van der Waals surface area contributed by atoms with E-state index in [0.717, 1.165) is 71.4 Å². The maximum Gasteiger partial charge on any atom is 0.326 e. The molecule has 7 heteroatoms. The number of carbonyl (C=O) groups excluding carboxylic acids is 2. The summed E-state index contributed by atoms with van der Waals surface area (Å²) in [6.07, 6.45) is 14.0. The van der Waals surface area contributed by atoms with Crippen molar-refractivity contribution in [1.29, 1.82) is 0 Å². The van der Waals surface area contributed by atoms with E-state index in [9.17, 15) is 19.5 Å². The van der Waals surface area contributed by atoms with Crippen molar-refractivity contribution in [2.45, 2.75) is 170 Å². The highest BCUT2D eigenvalue weighted by Gasteiger charge is 2.35. The van der Waals surface area contributed by atoms with Gasteiger partial charge in [0.15, 0.2) is 0 Å². The van der Waals surface area contributed by atoms with Gasteiger partial charge in [0.05, 0.1) is 6.42 Å². The van der Waals surface area contributed by atoms with Gasteiger partial charge in [0.2, 0.25) is 5.91 Å². The monoisotopic (exact) mass is 629 g/mol. The molecule has 1 amide bonds. The molecule has 0 fully saturated rings. The van der Waals surface area contributed by atoms with Crippen LogP contribution >= 0.6 is 0 Å². The van der Waals surface area contributed by atoms with Crippen molar-refractivity contribution in [3.05, 3.63) is 22.3 Å². The van der Waals surface area contributed by atoms with Crippen molar-refractivity contribution in [1.82, 2.24) is 5.32 Å². The third-order valence-corrected chi connectivity index (χ3v) is 9.82. The number of benzene rings is 1. The first-order valence-electron chi connectivity index (χ1n) is 17.7. The van der Waals surface area contributed by atoms with Gasteiger partial charge < -0.3 is 19.9 Å². The topological polar surface area (TPSA) is 102 Å². The number of rotatable bonds is 20. The minimum absolute atomic E-state index is 0.119. The zero-order chi connectivity index (χ0) is 33.7. The first-order chi connectivity index (χ1) is 21.2. The van der Waals surface area contributed by atoms with Crippen molar-refractivity contribution in [3.8, 4) is 11.5 Å². The number of aliphatic carboxylic acids is 1. The fourth-order valence-corrected chi connectivity index (χ4v) is 6.61. The summed E-state index contributed by atoms with van der Waals surface area (Å²) in [7, 11) is 0. The van der Waals surface area contributed by atoms with Crippen LogP contribution in [0.25, 0.3) is 0 Å². The number of hydrogen-bond acceptors (Lipinski definition) is 5. The van der Waals surface area contributed by atoms with Gasteiger partial charge in [-0.05, 0) is 94.2 Å². The van der Waals surface area contributed by atoms with E-state index in [0.29, 0.717) is 18.6 Å². The number of carboxylic acids is 1.